The molecular formula is C11H13N5O. The Bertz CT molecular complexity index is 509. The van der Waals surface area contributed by atoms with Gasteiger partial charge in [-0.1, -0.05) is 12.1 Å². The number of nitrogen functional groups attached to an aromatic ring is 2. The molecule has 0 unspecified atom stereocenters. The van der Waals surface area contributed by atoms with Crippen molar-refractivity contribution in [1.82, 2.24) is 9.97 Å². The van der Waals surface area contributed by atoms with Gasteiger partial charge in [-0.3, -0.25) is 0 Å². The van der Waals surface area contributed by atoms with Gasteiger partial charge >= 0.3 is 0 Å². The van der Waals surface area contributed by atoms with E-state index in [2.05, 4.69) is 15.3 Å². The number of anilines is 4. The van der Waals surface area contributed by atoms with Gasteiger partial charge in [0.25, 0.3) is 0 Å². The first-order chi connectivity index (χ1) is 8.19. The average Bonchev–Trinajstić information content (AvgIpc) is 2.28. The topological polar surface area (TPSA) is 99.1 Å². The first-order valence-corrected chi connectivity index (χ1v) is 4.99. The Morgan fingerprint density at radius 3 is 2.65 bits per heavy atom. The fourth-order valence-corrected chi connectivity index (χ4v) is 1.44. The van der Waals surface area contributed by atoms with E-state index in [9.17, 15) is 0 Å². The molecule has 1 aromatic heterocycles. The van der Waals surface area contributed by atoms with Crippen LogP contribution in [0.25, 0.3) is 0 Å². The van der Waals surface area contributed by atoms with E-state index in [0.29, 0.717) is 17.4 Å². The molecule has 0 aliphatic rings. The van der Waals surface area contributed by atoms with Crippen LogP contribution in [0.1, 0.15) is 0 Å². The van der Waals surface area contributed by atoms with Gasteiger partial charge in [0.2, 0.25) is 5.95 Å². The van der Waals surface area contributed by atoms with Gasteiger partial charge in [0.05, 0.1) is 12.8 Å². The van der Waals surface area contributed by atoms with E-state index in [-0.39, 0.29) is 5.95 Å². The first kappa shape index (κ1) is 11.0. The predicted molar refractivity (Wildman–Crippen MR) is 67.1 cm³/mol. The maximum atomic E-state index is 5.58. The van der Waals surface area contributed by atoms with Crippen LogP contribution in [0.15, 0.2) is 30.3 Å². The third kappa shape index (κ3) is 2.54. The average molecular weight is 231 g/mol. The van der Waals surface area contributed by atoms with Crippen LogP contribution >= 0.6 is 0 Å². The highest BCUT2D eigenvalue weighted by molar-refractivity contribution is 5.65. The van der Waals surface area contributed by atoms with Crippen LogP contribution in [-0.2, 0) is 0 Å². The molecule has 2 rings (SSSR count). The summed E-state index contributed by atoms with van der Waals surface area (Å²) in [6.45, 7) is 0. The lowest BCUT2D eigenvalue weighted by molar-refractivity contribution is 0.417. The summed E-state index contributed by atoms with van der Waals surface area (Å²) in [5.74, 6) is 1.68. The number of benzene rings is 1. The summed E-state index contributed by atoms with van der Waals surface area (Å²) in [5.41, 5.74) is 11.9. The van der Waals surface area contributed by atoms with Crippen molar-refractivity contribution in [2.75, 3.05) is 23.9 Å². The maximum absolute atomic E-state index is 5.58. The van der Waals surface area contributed by atoms with Crippen molar-refractivity contribution in [1.29, 1.82) is 0 Å². The number of methoxy groups -OCH3 is 1. The van der Waals surface area contributed by atoms with Crippen molar-refractivity contribution >= 4 is 23.3 Å². The fourth-order valence-electron chi connectivity index (χ4n) is 1.44. The number of rotatable bonds is 3. The zero-order valence-corrected chi connectivity index (χ0v) is 9.34. The molecule has 0 aliphatic carbocycles. The van der Waals surface area contributed by atoms with Crippen LogP contribution in [0.4, 0.5) is 23.3 Å². The minimum Gasteiger partial charge on any atom is -0.495 e. The Kier molecular flexibility index (Phi) is 2.95. The van der Waals surface area contributed by atoms with Crippen LogP contribution < -0.4 is 21.5 Å². The van der Waals surface area contributed by atoms with Crippen molar-refractivity contribution in [3.8, 4) is 5.75 Å². The van der Waals surface area contributed by atoms with Crippen molar-refractivity contribution in [2.24, 2.45) is 0 Å². The molecule has 0 spiro atoms. The normalized spacial score (nSPS) is 9.94. The van der Waals surface area contributed by atoms with E-state index >= 15 is 0 Å². The van der Waals surface area contributed by atoms with E-state index in [0.717, 1.165) is 5.69 Å². The van der Waals surface area contributed by atoms with Crippen LogP contribution in [0, 0.1) is 0 Å². The Balaban J connectivity index is 2.31. The van der Waals surface area contributed by atoms with Gasteiger partial charge in [-0.25, -0.2) is 0 Å². The molecule has 5 N–H and O–H groups in total. The number of aromatic nitrogens is 2. The Morgan fingerprint density at radius 2 is 1.94 bits per heavy atom. The third-order valence-electron chi connectivity index (χ3n) is 2.13. The molecule has 17 heavy (non-hydrogen) atoms. The molecule has 0 atom stereocenters. The molecule has 0 saturated heterocycles. The number of hydrogen-bond donors (Lipinski definition) is 3. The highest BCUT2D eigenvalue weighted by atomic mass is 16.5. The molecule has 0 amide bonds. The minimum atomic E-state index is 0.127. The standard InChI is InChI=1S/C11H13N5O/c1-17-8-5-3-2-4-7(8)14-10-6-9(12)15-11(13)16-10/h2-6H,1H3,(H5,12,13,14,15,16). The van der Waals surface area contributed by atoms with Gasteiger partial charge in [0.15, 0.2) is 0 Å². The number of nitrogens with zero attached hydrogens (tertiary/aromatic N) is 2. The number of nitrogens with one attached hydrogen (secondary N) is 1. The summed E-state index contributed by atoms with van der Waals surface area (Å²) in [4.78, 5) is 7.82. The van der Waals surface area contributed by atoms with Gasteiger partial charge in [0, 0.05) is 6.07 Å². The molecule has 0 bridgehead atoms. The number of hydrogen-bond acceptors (Lipinski definition) is 6. The van der Waals surface area contributed by atoms with Gasteiger partial charge in [0.1, 0.15) is 17.4 Å². The van der Waals surface area contributed by atoms with Crippen molar-refractivity contribution < 1.29 is 4.74 Å². The maximum Gasteiger partial charge on any atom is 0.223 e. The molecule has 2 aromatic rings. The Hall–Kier alpha value is -2.50. The SMILES string of the molecule is COc1ccccc1Nc1cc(N)nc(N)n1. The lowest BCUT2D eigenvalue weighted by Gasteiger charge is -2.10. The van der Waals surface area contributed by atoms with E-state index < -0.39 is 0 Å². The molecule has 0 saturated carbocycles. The molecule has 0 radical (unpaired) electrons. The van der Waals surface area contributed by atoms with E-state index in [1.807, 2.05) is 24.3 Å². The molecule has 0 fully saturated rings. The van der Waals surface area contributed by atoms with E-state index in [1.165, 1.54) is 0 Å². The van der Waals surface area contributed by atoms with Gasteiger partial charge < -0.3 is 21.5 Å². The highest BCUT2D eigenvalue weighted by Crippen LogP contribution is 2.26. The molecule has 88 valence electrons. The molecule has 0 aliphatic heterocycles. The Labute approximate surface area is 98.6 Å². The summed E-state index contributed by atoms with van der Waals surface area (Å²) in [5, 5.41) is 3.07. The van der Waals surface area contributed by atoms with Gasteiger partial charge in [-0.05, 0) is 12.1 Å². The quantitative estimate of drug-likeness (QED) is 0.738. The lowest BCUT2D eigenvalue weighted by atomic mass is 10.3. The van der Waals surface area contributed by atoms with Crippen LogP contribution in [-0.4, -0.2) is 17.1 Å². The summed E-state index contributed by atoms with van der Waals surface area (Å²) in [7, 11) is 1.60. The number of nitrogens with two attached hydrogens (primary N) is 2. The van der Waals surface area contributed by atoms with Crippen LogP contribution in [0.3, 0.4) is 0 Å². The van der Waals surface area contributed by atoms with Crippen LogP contribution in [0.5, 0.6) is 5.75 Å². The third-order valence-corrected chi connectivity index (χ3v) is 2.13. The second-order valence-electron chi connectivity index (χ2n) is 3.36. The zero-order valence-electron chi connectivity index (χ0n) is 9.34. The molecule has 6 nitrogen and oxygen atoms in total. The van der Waals surface area contributed by atoms with E-state index in [1.54, 1.807) is 13.2 Å². The van der Waals surface area contributed by atoms with Crippen molar-refractivity contribution in [3.63, 3.8) is 0 Å². The largest absolute Gasteiger partial charge is 0.495 e. The Morgan fingerprint density at radius 1 is 1.18 bits per heavy atom. The molecule has 6 heteroatoms. The summed E-state index contributed by atoms with van der Waals surface area (Å²) in [6, 6.07) is 9.08. The summed E-state index contributed by atoms with van der Waals surface area (Å²) in [6.07, 6.45) is 0. The number of para-hydroxylation sites is 2. The van der Waals surface area contributed by atoms with Gasteiger partial charge in [-0.15, -0.1) is 0 Å². The second kappa shape index (κ2) is 4.56. The van der Waals surface area contributed by atoms with E-state index in [4.69, 9.17) is 16.2 Å². The predicted octanol–water partition coefficient (Wildman–Crippen LogP) is 1.39. The smallest absolute Gasteiger partial charge is 0.223 e. The zero-order chi connectivity index (χ0) is 12.3. The highest BCUT2D eigenvalue weighted by Gasteiger charge is 2.04. The molecule has 1 heterocycles. The summed E-state index contributed by atoms with van der Waals surface area (Å²) >= 11 is 0. The monoisotopic (exact) mass is 231 g/mol. The molecular weight excluding hydrogens is 218 g/mol. The minimum absolute atomic E-state index is 0.127. The van der Waals surface area contributed by atoms with Crippen molar-refractivity contribution in [2.45, 2.75) is 0 Å². The van der Waals surface area contributed by atoms with Gasteiger partial charge in [-0.2, -0.15) is 9.97 Å². The summed E-state index contributed by atoms with van der Waals surface area (Å²) < 4.78 is 5.21. The second-order valence-corrected chi connectivity index (χ2v) is 3.36. The molecule has 1 aromatic carbocycles. The fraction of sp³-hybridized carbons (Fsp3) is 0.0909. The first-order valence-electron chi connectivity index (χ1n) is 4.99. The number of ether oxygens (including phenoxy) is 1. The van der Waals surface area contributed by atoms with Crippen molar-refractivity contribution in [3.05, 3.63) is 30.3 Å². The van der Waals surface area contributed by atoms with Crippen LogP contribution in [0.2, 0.25) is 0 Å². The lowest BCUT2D eigenvalue weighted by Crippen LogP contribution is -2.03.